The standard InChI is InChI=1S/C17H30BN5O.C2H5NO2/c1-4-6-16(23-11-8-18(13-19)9-12-23)21-17(20)24-14(2)15-7-5-10-22(15)3;1-5-3-2-4/h6,14-15H,4-5,7-12H2,1-3H3,(H2,20,21);2H,1H3,(H,3,4)/b16-6+;/t14-,15?;/m0./s1. The highest BCUT2D eigenvalue weighted by atomic mass is 16.6. The summed E-state index contributed by atoms with van der Waals surface area (Å²) in [6.07, 6.45) is 7.59. The van der Waals surface area contributed by atoms with Gasteiger partial charge < -0.3 is 15.4 Å². The van der Waals surface area contributed by atoms with Crippen molar-refractivity contribution in [3.63, 3.8) is 0 Å². The van der Waals surface area contributed by atoms with Gasteiger partial charge in [0.1, 0.15) is 11.9 Å². The van der Waals surface area contributed by atoms with Gasteiger partial charge in [0.25, 0.3) is 12.7 Å². The molecule has 1 unspecified atom stereocenters. The van der Waals surface area contributed by atoms with E-state index in [2.05, 4.69) is 52.6 Å². The van der Waals surface area contributed by atoms with Crippen LogP contribution in [0.4, 0.5) is 0 Å². The summed E-state index contributed by atoms with van der Waals surface area (Å²) in [5.74, 6) is 3.24. The van der Waals surface area contributed by atoms with Gasteiger partial charge in [-0.15, -0.1) is 0 Å². The van der Waals surface area contributed by atoms with E-state index >= 15 is 0 Å². The van der Waals surface area contributed by atoms with Gasteiger partial charge in [-0.2, -0.15) is 4.99 Å². The van der Waals surface area contributed by atoms with Gasteiger partial charge in [-0.25, -0.2) is 10.7 Å². The Morgan fingerprint density at radius 1 is 1.45 bits per heavy atom. The summed E-state index contributed by atoms with van der Waals surface area (Å²) in [7, 11) is 3.50. The summed E-state index contributed by atoms with van der Waals surface area (Å²) in [5, 5.41) is 9.03. The van der Waals surface area contributed by atoms with E-state index in [1.807, 2.05) is 5.48 Å². The van der Waals surface area contributed by atoms with Crippen molar-refractivity contribution in [1.29, 1.82) is 5.26 Å². The zero-order valence-corrected chi connectivity index (χ0v) is 18.1. The van der Waals surface area contributed by atoms with E-state index in [1.165, 1.54) is 13.5 Å². The third-order valence-corrected chi connectivity index (χ3v) is 5.20. The van der Waals surface area contributed by atoms with Crippen molar-refractivity contribution in [1.82, 2.24) is 15.3 Å². The number of hydrogen-bond donors (Lipinski definition) is 2. The number of hydroxylamine groups is 1. The van der Waals surface area contributed by atoms with E-state index in [4.69, 9.17) is 20.5 Å². The van der Waals surface area contributed by atoms with Crippen LogP contribution >= 0.6 is 0 Å². The van der Waals surface area contributed by atoms with Crippen LogP contribution in [-0.2, 0) is 14.4 Å². The maximum Gasteiger partial charge on any atom is 0.288 e. The molecule has 0 aromatic carbocycles. The van der Waals surface area contributed by atoms with Gasteiger partial charge in [-0.1, -0.05) is 6.92 Å². The third kappa shape index (κ3) is 8.75. The maximum atomic E-state index is 9.17. The Balaban J connectivity index is 0.000000749. The SMILES string of the molecule is CC/C=C(\N=C(/N)O[C@@H](C)C1CCCN1C)N1CCB(C#N)CC1.CONC=O. The minimum atomic E-state index is 0.0356. The lowest BCUT2D eigenvalue weighted by molar-refractivity contribution is -0.118. The predicted octanol–water partition coefficient (Wildman–Crippen LogP) is 1.22. The van der Waals surface area contributed by atoms with Crippen molar-refractivity contribution in [2.45, 2.75) is 57.9 Å². The van der Waals surface area contributed by atoms with Crippen LogP contribution in [0.5, 0.6) is 0 Å². The molecule has 0 spiro atoms. The number of allylic oxidation sites excluding steroid dienone is 1. The quantitative estimate of drug-likeness (QED) is 0.215. The molecule has 0 bridgehead atoms. The van der Waals surface area contributed by atoms with Gasteiger partial charge in [0.05, 0.1) is 7.11 Å². The summed E-state index contributed by atoms with van der Waals surface area (Å²) in [5.41, 5.74) is 8.00. The van der Waals surface area contributed by atoms with Gasteiger partial charge in [0.15, 0.2) is 0 Å². The second kappa shape index (κ2) is 13.9. The molecule has 2 fully saturated rings. The molecule has 2 aliphatic rings. The molecule has 0 saturated carbocycles. The van der Waals surface area contributed by atoms with Crippen LogP contribution in [0.25, 0.3) is 0 Å². The summed E-state index contributed by atoms with van der Waals surface area (Å²) >= 11 is 0. The number of likely N-dealkylation sites (N-methyl/N-ethyl adjacent to an activating group) is 1. The molecule has 2 aliphatic heterocycles. The number of amides is 1. The van der Waals surface area contributed by atoms with E-state index in [0.717, 1.165) is 50.9 Å². The molecule has 0 aromatic heterocycles. The van der Waals surface area contributed by atoms with Crippen LogP contribution in [0.1, 0.15) is 33.1 Å². The first-order chi connectivity index (χ1) is 14.0. The minimum Gasteiger partial charge on any atom is -0.460 e. The van der Waals surface area contributed by atoms with Crippen LogP contribution in [0, 0.1) is 11.2 Å². The third-order valence-electron chi connectivity index (χ3n) is 5.20. The van der Waals surface area contributed by atoms with Gasteiger partial charge in [0.2, 0.25) is 6.41 Å². The monoisotopic (exact) mass is 406 g/mol. The van der Waals surface area contributed by atoms with Crippen molar-refractivity contribution >= 4 is 19.1 Å². The van der Waals surface area contributed by atoms with Crippen molar-refractivity contribution in [2.24, 2.45) is 10.7 Å². The molecular weight excluding hydrogens is 371 g/mol. The molecule has 9 nitrogen and oxygen atoms in total. The molecule has 2 saturated heterocycles. The molecule has 0 aliphatic carbocycles. The number of nitrogens with zero attached hydrogens (tertiary/aromatic N) is 4. The largest absolute Gasteiger partial charge is 0.460 e. The Hall–Kier alpha value is -2.25. The molecule has 2 heterocycles. The van der Waals surface area contributed by atoms with Crippen molar-refractivity contribution in [2.75, 3.05) is 33.8 Å². The molecule has 162 valence electrons. The first-order valence-electron chi connectivity index (χ1n) is 10.2. The smallest absolute Gasteiger partial charge is 0.288 e. The van der Waals surface area contributed by atoms with E-state index < -0.39 is 0 Å². The molecule has 29 heavy (non-hydrogen) atoms. The summed E-state index contributed by atoms with van der Waals surface area (Å²) in [6.45, 7) is 7.13. The molecule has 0 radical (unpaired) electrons. The van der Waals surface area contributed by atoms with Crippen LogP contribution in [0.15, 0.2) is 16.9 Å². The number of carbonyl (C=O) groups is 1. The van der Waals surface area contributed by atoms with Crippen molar-refractivity contribution in [3.8, 4) is 5.97 Å². The number of nitrogens with two attached hydrogens (primary N) is 1. The van der Waals surface area contributed by atoms with Crippen LogP contribution in [0.3, 0.4) is 0 Å². The van der Waals surface area contributed by atoms with E-state index in [1.54, 1.807) is 0 Å². The number of hydrogen-bond acceptors (Lipinski definition) is 7. The van der Waals surface area contributed by atoms with Crippen molar-refractivity contribution in [3.05, 3.63) is 11.9 Å². The van der Waals surface area contributed by atoms with E-state index in [-0.39, 0.29) is 18.8 Å². The Kier molecular flexibility index (Phi) is 11.8. The van der Waals surface area contributed by atoms with Gasteiger partial charge in [0, 0.05) is 25.1 Å². The molecule has 1 amide bonds. The topological polar surface area (TPSA) is 116 Å². The zero-order valence-electron chi connectivity index (χ0n) is 18.1. The molecule has 0 aromatic rings. The molecule has 3 N–H and O–H groups in total. The Labute approximate surface area is 174 Å². The molecule has 2 rings (SSSR count). The fourth-order valence-electron chi connectivity index (χ4n) is 3.65. The van der Waals surface area contributed by atoms with Crippen LogP contribution in [-0.4, -0.2) is 74.9 Å². The number of amidine groups is 1. The average Bonchev–Trinajstić information content (AvgIpc) is 3.15. The predicted molar refractivity (Wildman–Crippen MR) is 115 cm³/mol. The highest BCUT2D eigenvalue weighted by molar-refractivity contribution is 6.67. The molecular formula is C19H35BN6O3. The Morgan fingerprint density at radius 2 is 2.14 bits per heavy atom. The number of nitriles is 1. The van der Waals surface area contributed by atoms with E-state index in [0.29, 0.717) is 12.5 Å². The Morgan fingerprint density at radius 3 is 2.59 bits per heavy atom. The number of carbonyl (C=O) groups excluding carboxylic acids is 1. The van der Waals surface area contributed by atoms with E-state index in [9.17, 15) is 0 Å². The molecule has 10 heteroatoms. The average molecular weight is 406 g/mol. The van der Waals surface area contributed by atoms with Gasteiger partial charge >= 0.3 is 0 Å². The van der Waals surface area contributed by atoms with Crippen LogP contribution in [0.2, 0.25) is 12.6 Å². The van der Waals surface area contributed by atoms with Gasteiger partial charge in [-0.3, -0.25) is 14.5 Å². The summed E-state index contributed by atoms with van der Waals surface area (Å²) in [6, 6.07) is 0.647. The van der Waals surface area contributed by atoms with Gasteiger partial charge in [-0.05, 0) is 58.5 Å². The highest BCUT2D eigenvalue weighted by Crippen LogP contribution is 2.21. The first kappa shape index (κ1) is 24.8. The highest BCUT2D eigenvalue weighted by Gasteiger charge is 2.28. The fourth-order valence-corrected chi connectivity index (χ4v) is 3.65. The lowest BCUT2D eigenvalue weighted by Gasteiger charge is -2.30. The number of ether oxygens (including phenoxy) is 1. The normalized spacial score (nSPS) is 21.7. The number of aliphatic imine (C=N–C) groups is 1. The number of nitrogens with one attached hydrogen (secondary N) is 1. The summed E-state index contributed by atoms with van der Waals surface area (Å²) < 4.78 is 5.88. The fraction of sp³-hybridized carbons (Fsp3) is 0.737. The second-order valence-electron chi connectivity index (χ2n) is 7.26. The van der Waals surface area contributed by atoms with Crippen molar-refractivity contribution < 1.29 is 14.4 Å². The van der Waals surface area contributed by atoms with Crippen LogP contribution < -0.4 is 11.2 Å². The Bertz CT molecular complexity index is 587. The summed E-state index contributed by atoms with van der Waals surface area (Å²) in [4.78, 5) is 22.3. The lowest BCUT2D eigenvalue weighted by Crippen LogP contribution is -2.39. The number of rotatable bonds is 7. The number of likely N-dealkylation sites (tertiary alicyclic amines) is 1. The minimum absolute atomic E-state index is 0.0356. The second-order valence-corrected chi connectivity index (χ2v) is 7.26. The zero-order chi connectivity index (χ0) is 21.6. The maximum absolute atomic E-state index is 9.17. The molecule has 2 atom stereocenters. The first-order valence-corrected chi connectivity index (χ1v) is 10.2. The lowest BCUT2D eigenvalue weighted by atomic mass is 9.45.